The van der Waals surface area contributed by atoms with E-state index in [9.17, 15) is 0 Å². The van der Waals surface area contributed by atoms with Gasteiger partial charge in [-0.15, -0.1) is 0 Å². The number of hydrogen-bond acceptors (Lipinski definition) is 1. The second-order valence-corrected chi connectivity index (χ2v) is 0.129. The van der Waals surface area contributed by atoms with Crippen molar-refractivity contribution in [3.63, 3.8) is 0 Å². The summed E-state index contributed by atoms with van der Waals surface area (Å²) in [6, 6.07) is 0. The molecule has 2 N–H and O–H groups in total. The summed E-state index contributed by atoms with van der Waals surface area (Å²) >= 11 is 0. The molecule has 0 saturated heterocycles. The van der Waals surface area contributed by atoms with Gasteiger partial charge in [0.05, 0.1) is 0 Å². The molecule has 0 aliphatic rings. The van der Waals surface area contributed by atoms with E-state index in [1.807, 2.05) is 0 Å². The van der Waals surface area contributed by atoms with Gasteiger partial charge in [-0.1, -0.05) is 0 Å². The van der Waals surface area contributed by atoms with E-state index in [0.29, 0.717) is 0 Å². The Bertz CT molecular complexity index is 37.0. The summed E-state index contributed by atoms with van der Waals surface area (Å²) in [7, 11) is 4.15. The van der Waals surface area contributed by atoms with Gasteiger partial charge in [0.15, 0.2) is 0 Å². The van der Waals surface area contributed by atoms with Crippen LogP contribution in [0.15, 0.2) is 0 Å². The van der Waals surface area contributed by atoms with Gasteiger partial charge in [0.2, 0.25) is 7.85 Å². The van der Waals surface area contributed by atoms with Crippen molar-refractivity contribution in [1.29, 1.82) is 5.26 Å². The molecule has 0 aliphatic heterocycles. The van der Waals surface area contributed by atoms with Crippen LogP contribution in [-0.2, 0) is 0 Å². The van der Waals surface area contributed by atoms with Gasteiger partial charge in [-0.25, -0.2) is 5.26 Å². The predicted octanol–water partition coefficient (Wildman–Crippen LogP) is -4.07. The topological polar surface area (TPSA) is 55.3 Å². The largest absolute Gasteiger partial charge is 1.00 e. The fourth-order valence-corrected chi connectivity index (χ4v) is 0. The molecule has 0 aromatic rings. The van der Waals surface area contributed by atoms with Gasteiger partial charge in [0.1, 0.15) is 0 Å². The molecule has 2 radical (unpaired) electrons. The Kier molecular flexibility index (Phi) is 86.4. The standard InChI is InChI=1S/CBN.Na.H2O.H/c2-1-3;;;/h;;1H2;/q;+1;;-1. The smallest absolute Gasteiger partial charge is 1.00 e. The van der Waals surface area contributed by atoms with Crippen molar-refractivity contribution in [2.75, 3.05) is 0 Å². The van der Waals surface area contributed by atoms with Crippen LogP contribution in [0.4, 0.5) is 0 Å². The molecule has 0 atom stereocenters. The van der Waals surface area contributed by atoms with E-state index in [4.69, 9.17) is 5.26 Å². The van der Waals surface area contributed by atoms with Crippen LogP contribution in [0.1, 0.15) is 1.43 Å². The zero-order valence-electron chi connectivity index (χ0n) is 4.02. The van der Waals surface area contributed by atoms with Crippen molar-refractivity contribution < 1.29 is 36.5 Å². The number of nitrogens with zero attached hydrogens (tertiary/aromatic N) is 1. The van der Waals surface area contributed by atoms with Crippen LogP contribution in [-0.4, -0.2) is 13.3 Å². The molecule has 0 aromatic heterocycles. The van der Waals surface area contributed by atoms with Crippen LogP contribution in [0.5, 0.6) is 0 Å². The SMILES string of the molecule is O.[B]C#N.[H-].[Na+]. The van der Waals surface area contributed by atoms with Gasteiger partial charge >= 0.3 is 29.6 Å². The van der Waals surface area contributed by atoms with Crippen LogP contribution < -0.4 is 29.6 Å². The Morgan fingerprint density at radius 2 is 1.80 bits per heavy atom. The maximum Gasteiger partial charge on any atom is 1.00 e. The molecule has 22 valence electrons. The molecular formula is CH3BNNaO. The van der Waals surface area contributed by atoms with Crippen molar-refractivity contribution in [3.8, 4) is 5.97 Å². The summed E-state index contributed by atoms with van der Waals surface area (Å²) in [5, 5.41) is 7.10. The van der Waals surface area contributed by atoms with E-state index in [2.05, 4.69) is 7.85 Å². The van der Waals surface area contributed by atoms with E-state index >= 15 is 0 Å². The monoisotopic (exact) mass is 79.0 g/mol. The van der Waals surface area contributed by atoms with Crippen molar-refractivity contribution >= 4 is 7.85 Å². The minimum atomic E-state index is 0. The molecule has 0 unspecified atom stereocenters. The van der Waals surface area contributed by atoms with Crippen molar-refractivity contribution in [2.24, 2.45) is 0 Å². The summed E-state index contributed by atoms with van der Waals surface area (Å²) in [4.78, 5) is 0. The minimum absolute atomic E-state index is 0. The van der Waals surface area contributed by atoms with Crippen molar-refractivity contribution in [1.82, 2.24) is 0 Å². The van der Waals surface area contributed by atoms with Crippen LogP contribution >= 0.6 is 0 Å². The Hall–Kier alpha value is 0.515. The van der Waals surface area contributed by atoms with Crippen LogP contribution in [0.3, 0.4) is 0 Å². The van der Waals surface area contributed by atoms with Gasteiger partial charge < -0.3 is 6.90 Å². The maximum atomic E-state index is 7.10. The Morgan fingerprint density at radius 1 is 1.80 bits per heavy atom. The van der Waals surface area contributed by atoms with E-state index in [1.165, 1.54) is 5.97 Å². The minimum Gasteiger partial charge on any atom is -1.00 e. The molecule has 4 heteroatoms. The molecule has 0 bridgehead atoms. The Balaban J connectivity index is -0.00000000667. The first kappa shape index (κ1) is 17.8. The van der Waals surface area contributed by atoms with Gasteiger partial charge in [0, 0.05) is 0 Å². The van der Waals surface area contributed by atoms with E-state index in [1.54, 1.807) is 0 Å². The first-order valence-corrected chi connectivity index (χ1v) is 0.512. The normalized spacial score (nSPS) is 1.40. The predicted molar refractivity (Wildman–Crippen MR) is 16.1 cm³/mol. The molecule has 0 saturated carbocycles. The average Bonchev–Trinajstić information content (AvgIpc) is 0.918. The fraction of sp³-hybridized carbons (Fsp3) is 0. The summed E-state index contributed by atoms with van der Waals surface area (Å²) < 4.78 is 0. The summed E-state index contributed by atoms with van der Waals surface area (Å²) in [5.74, 6) is 1.25. The van der Waals surface area contributed by atoms with Gasteiger partial charge in [-0.05, 0) is 5.97 Å². The first-order valence-electron chi connectivity index (χ1n) is 0.512. The molecule has 0 spiro atoms. The second-order valence-electron chi connectivity index (χ2n) is 0.129. The molecule has 0 fully saturated rings. The molecule has 0 rings (SSSR count). The van der Waals surface area contributed by atoms with E-state index in [0.717, 1.165) is 0 Å². The summed E-state index contributed by atoms with van der Waals surface area (Å²) in [6.07, 6.45) is 0. The van der Waals surface area contributed by atoms with E-state index in [-0.39, 0.29) is 36.5 Å². The van der Waals surface area contributed by atoms with Crippen LogP contribution in [0, 0.1) is 11.2 Å². The van der Waals surface area contributed by atoms with Gasteiger partial charge in [-0.3, -0.25) is 0 Å². The molecular weight excluding hydrogens is 75.8 g/mol. The maximum absolute atomic E-state index is 7.10. The molecule has 0 heterocycles. The third-order valence-electron chi connectivity index (χ3n) is 0. The van der Waals surface area contributed by atoms with Gasteiger partial charge in [0.25, 0.3) is 0 Å². The second kappa shape index (κ2) is 24.3. The number of rotatable bonds is 0. The third-order valence-corrected chi connectivity index (χ3v) is 0. The number of hydrogen-bond donors (Lipinski definition) is 0. The summed E-state index contributed by atoms with van der Waals surface area (Å²) in [5.41, 5.74) is 0. The first-order chi connectivity index (χ1) is 1.41. The molecule has 0 aromatic carbocycles. The third kappa shape index (κ3) is 108. The number of nitriles is 1. The molecule has 2 nitrogen and oxygen atoms in total. The summed E-state index contributed by atoms with van der Waals surface area (Å²) in [6.45, 7) is 0. The molecule has 0 aliphatic carbocycles. The van der Waals surface area contributed by atoms with Gasteiger partial charge in [-0.2, -0.15) is 0 Å². The zero-order chi connectivity index (χ0) is 2.71. The van der Waals surface area contributed by atoms with Crippen LogP contribution in [0.2, 0.25) is 0 Å². The van der Waals surface area contributed by atoms with E-state index < -0.39 is 0 Å². The van der Waals surface area contributed by atoms with Crippen molar-refractivity contribution in [3.05, 3.63) is 0 Å². The average molecular weight is 78.8 g/mol. The molecule has 5 heavy (non-hydrogen) atoms. The fourth-order valence-electron chi connectivity index (χ4n) is 0. The van der Waals surface area contributed by atoms with Crippen LogP contribution in [0.25, 0.3) is 0 Å². The molecule has 0 amide bonds. The Labute approximate surface area is 55.7 Å². The quantitative estimate of drug-likeness (QED) is 0.272. The van der Waals surface area contributed by atoms with Crippen molar-refractivity contribution in [2.45, 2.75) is 0 Å². The Morgan fingerprint density at radius 3 is 1.80 bits per heavy atom. The zero-order valence-corrected chi connectivity index (χ0v) is 5.02.